The van der Waals surface area contributed by atoms with Crippen molar-refractivity contribution < 1.29 is 14.3 Å². The Morgan fingerprint density at radius 3 is 2.75 bits per heavy atom. The van der Waals surface area contributed by atoms with Crippen molar-refractivity contribution in [2.45, 2.75) is 19.4 Å². The Bertz CT molecular complexity index is 651. The molecule has 1 amide bonds. The maximum absolute atomic E-state index is 12.2. The first-order valence-electron chi connectivity index (χ1n) is 6.16. The molecule has 1 aromatic heterocycles. The second kappa shape index (κ2) is 6.09. The lowest BCUT2D eigenvalue weighted by atomic mass is 10.2. The Morgan fingerprint density at radius 1 is 1.40 bits per heavy atom. The average Bonchev–Trinajstić information content (AvgIpc) is 2.76. The van der Waals surface area contributed by atoms with Crippen molar-refractivity contribution in [2.75, 3.05) is 7.11 Å². The van der Waals surface area contributed by atoms with Crippen LogP contribution < -0.4 is 5.32 Å². The van der Waals surface area contributed by atoms with E-state index in [2.05, 4.69) is 31.0 Å². The molecular formula is C14H15BrN2O3. The van der Waals surface area contributed by atoms with Gasteiger partial charge in [-0.25, -0.2) is 0 Å². The molecule has 0 radical (unpaired) electrons. The van der Waals surface area contributed by atoms with Crippen molar-refractivity contribution >= 4 is 38.7 Å². The normalized spacial score (nSPS) is 12.2. The van der Waals surface area contributed by atoms with E-state index in [0.29, 0.717) is 5.69 Å². The molecule has 0 aliphatic rings. The number of rotatable bonds is 4. The number of nitrogens with one attached hydrogen (secondary N) is 2. The third-order valence-electron chi connectivity index (χ3n) is 2.95. The van der Waals surface area contributed by atoms with Crippen molar-refractivity contribution in [1.29, 1.82) is 0 Å². The third kappa shape index (κ3) is 3.01. The fraction of sp³-hybridized carbons (Fsp3) is 0.286. The van der Waals surface area contributed by atoms with Gasteiger partial charge in [-0.05, 0) is 28.9 Å². The molecule has 0 aliphatic heterocycles. The lowest BCUT2D eigenvalue weighted by molar-refractivity contribution is -0.141. The van der Waals surface area contributed by atoms with Gasteiger partial charge in [-0.2, -0.15) is 0 Å². The summed E-state index contributed by atoms with van der Waals surface area (Å²) in [5.41, 5.74) is 1.33. The first-order chi connectivity index (χ1) is 9.52. The van der Waals surface area contributed by atoms with Gasteiger partial charge in [0.2, 0.25) is 0 Å². The van der Waals surface area contributed by atoms with Crippen LogP contribution in [0.5, 0.6) is 0 Å². The van der Waals surface area contributed by atoms with Crippen LogP contribution in [0.2, 0.25) is 0 Å². The highest BCUT2D eigenvalue weighted by Crippen LogP contribution is 2.27. The van der Waals surface area contributed by atoms with E-state index in [9.17, 15) is 9.59 Å². The minimum Gasteiger partial charge on any atom is -0.469 e. The summed E-state index contributed by atoms with van der Waals surface area (Å²) < 4.78 is 5.29. The number of aromatic amines is 1. The maximum atomic E-state index is 12.2. The number of amides is 1. The predicted octanol–water partition coefficient (Wildman–Crippen LogP) is 2.61. The molecule has 1 unspecified atom stereocenters. The van der Waals surface area contributed by atoms with Gasteiger partial charge in [-0.15, -0.1) is 0 Å². The van der Waals surface area contributed by atoms with E-state index in [1.165, 1.54) is 7.11 Å². The SMILES string of the molecule is COC(=O)CC(C)NC(=O)c1[nH]c2ccccc2c1Br. The number of methoxy groups -OCH3 is 1. The Hall–Kier alpha value is -1.82. The fourth-order valence-corrected chi connectivity index (χ4v) is 2.57. The molecule has 2 rings (SSSR count). The van der Waals surface area contributed by atoms with E-state index in [0.717, 1.165) is 15.4 Å². The second-order valence-electron chi connectivity index (χ2n) is 4.51. The molecule has 0 spiro atoms. The van der Waals surface area contributed by atoms with Crippen LogP contribution in [0.25, 0.3) is 10.9 Å². The molecule has 0 fully saturated rings. The lowest BCUT2D eigenvalue weighted by Crippen LogP contribution is -2.34. The molecule has 106 valence electrons. The number of fused-ring (bicyclic) bond motifs is 1. The predicted molar refractivity (Wildman–Crippen MR) is 79.6 cm³/mol. The topological polar surface area (TPSA) is 71.2 Å². The lowest BCUT2D eigenvalue weighted by Gasteiger charge is -2.11. The molecule has 1 atom stereocenters. The van der Waals surface area contributed by atoms with Crippen molar-refractivity contribution in [2.24, 2.45) is 0 Å². The van der Waals surface area contributed by atoms with Crippen LogP contribution in [0.4, 0.5) is 0 Å². The standard InChI is InChI=1S/C14H15BrN2O3/c1-8(7-11(18)20-2)16-14(19)13-12(15)9-5-3-4-6-10(9)17-13/h3-6,8,17H,7H2,1-2H3,(H,16,19). The molecule has 0 saturated heterocycles. The summed E-state index contributed by atoms with van der Waals surface area (Å²) in [7, 11) is 1.32. The third-order valence-corrected chi connectivity index (χ3v) is 3.77. The Kier molecular flexibility index (Phi) is 4.44. The number of benzene rings is 1. The zero-order chi connectivity index (χ0) is 14.7. The summed E-state index contributed by atoms with van der Waals surface area (Å²) >= 11 is 3.42. The summed E-state index contributed by atoms with van der Waals surface area (Å²) in [5, 5.41) is 3.71. The largest absolute Gasteiger partial charge is 0.469 e. The van der Waals surface area contributed by atoms with Crippen LogP contribution in [0.15, 0.2) is 28.7 Å². The van der Waals surface area contributed by atoms with E-state index in [1.54, 1.807) is 6.92 Å². The van der Waals surface area contributed by atoms with Crippen molar-refractivity contribution in [3.05, 3.63) is 34.4 Å². The summed E-state index contributed by atoms with van der Waals surface area (Å²) in [6.07, 6.45) is 0.139. The number of aromatic nitrogens is 1. The van der Waals surface area contributed by atoms with Crippen LogP contribution in [0.3, 0.4) is 0 Å². The maximum Gasteiger partial charge on any atom is 0.307 e. The molecule has 2 N–H and O–H groups in total. The minimum absolute atomic E-state index is 0.139. The molecule has 2 aromatic rings. The summed E-state index contributed by atoms with van der Waals surface area (Å²) in [5.74, 6) is -0.613. The summed E-state index contributed by atoms with van der Waals surface area (Å²) in [6, 6.07) is 7.32. The first-order valence-corrected chi connectivity index (χ1v) is 6.96. The zero-order valence-electron chi connectivity index (χ0n) is 11.2. The first kappa shape index (κ1) is 14.6. The van der Waals surface area contributed by atoms with E-state index in [4.69, 9.17) is 0 Å². The van der Waals surface area contributed by atoms with Crippen LogP contribution in [-0.4, -0.2) is 30.0 Å². The van der Waals surface area contributed by atoms with Gasteiger partial charge < -0.3 is 15.0 Å². The number of H-pyrrole nitrogens is 1. The molecular weight excluding hydrogens is 324 g/mol. The quantitative estimate of drug-likeness (QED) is 0.841. The van der Waals surface area contributed by atoms with E-state index in [-0.39, 0.29) is 24.3 Å². The Balaban J connectivity index is 2.15. The average molecular weight is 339 g/mol. The number of halogens is 1. The minimum atomic E-state index is -0.353. The van der Waals surface area contributed by atoms with Gasteiger partial charge in [0.15, 0.2) is 0 Å². The molecule has 5 nitrogen and oxygen atoms in total. The fourth-order valence-electron chi connectivity index (χ4n) is 1.94. The Labute approximate surface area is 124 Å². The molecule has 0 saturated carbocycles. The summed E-state index contributed by atoms with van der Waals surface area (Å²) in [4.78, 5) is 26.4. The number of para-hydroxylation sites is 1. The van der Waals surface area contributed by atoms with E-state index in [1.807, 2.05) is 24.3 Å². The molecule has 6 heteroatoms. The van der Waals surface area contributed by atoms with Crippen LogP contribution in [0, 0.1) is 0 Å². The number of carbonyl (C=O) groups is 2. The van der Waals surface area contributed by atoms with Gasteiger partial charge in [0.25, 0.3) is 5.91 Å². The van der Waals surface area contributed by atoms with Gasteiger partial charge in [0, 0.05) is 16.9 Å². The van der Waals surface area contributed by atoms with Crippen molar-refractivity contribution in [1.82, 2.24) is 10.3 Å². The number of carbonyl (C=O) groups excluding carboxylic acids is 2. The monoisotopic (exact) mass is 338 g/mol. The number of esters is 1. The van der Waals surface area contributed by atoms with E-state index >= 15 is 0 Å². The van der Waals surface area contributed by atoms with E-state index < -0.39 is 0 Å². The van der Waals surface area contributed by atoms with Gasteiger partial charge >= 0.3 is 5.97 Å². The van der Waals surface area contributed by atoms with Gasteiger partial charge in [0.1, 0.15) is 5.69 Å². The number of hydrogen-bond donors (Lipinski definition) is 2. The highest BCUT2D eigenvalue weighted by molar-refractivity contribution is 9.10. The van der Waals surface area contributed by atoms with Crippen LogP contribution in [-0.2, 0) is 9.53 Å². The number of ether oxygens (including phenoxy) is 1. The molecule has 0 aliphatic carbocycles. The van der Waals surface area contributed by atoms with Crippen LogP contribution >= 0.6 is 15.9 Å². The van der Waals surface area contributed by atoms with Gasteiger partial charge in [-0.1, -0.05) is 18.2 Å². The molecule has 1 aromatic carbocycles. The summed E-state index contributed by atoms with van der Waals surface area (Å²) in [6.45, 7) is 1.76. The van der Waals surface area contributed by atoms with Crippen molar-refractivity contribution in [3.8, 4) is 0 Å². The number of hydrogen-bond acceptors (Lipinski definition) is 3. The van der Waals surface area contributed by atoms with Crippen LogP contribution in [0.1, 0.15) is 23.8 Å². The van der Waals surface area contributed by atoms with Gasteiger partial charge in [-0.3, -0.25) is 9.59 Å². The molecule has 0 bridgehead atoms. The highest BCUT2D eigenvalue weighted by Gasteiger charge is 2.18. The molecule has 1 heterocycles. The highest BCUT2D eigenvalue weighted by atomic mass is 79.9. The van der Waals surface area contributed by atoms with Crippen molar-refractivity contribution in [3.63, 3.8) is 0 Å². The zero-order valence-corrected chi connectivity index (χ0v) is 12.8. The second-order valence-corrected chi connectivity index (χ2v) is 5.31. The van der Waals surface area contributed by atoms with Gasteiger partial charge in [0.05, 0.1) is 18.0 Å². The Morgan fingerprint density at radius 2 is 2.10 bits per heavy atom. The molecule has 20 heavy (non-hydrogen) atoms. The smallest absolute Gasteiger partial charge is 0.307 e.